The number of rotatable bonds is 4. The van der Waals surface area contributed by atoms with E-state index >= 15 is 0 Å². The number of para-hydroxylation sites is 2. The Morgan fingerprint density at radius 3 is 2.67 bits per heavy atom. The van der Waals surface area contributed by atoms with Crippen LogP contribution in [0.15, 0.2) is 24.3 Å². The van der Waals surface area contributed by atoms with Gasteiger partial charge in [0, 0.05) is 26.7 Å². The molecular formula is C20H31N3O4. The molecule has 7 nitrogen and oxygen atoms in total. The lowest BCUT2D eigenvalue weighted by Gasteiger charge is -2.35. The monoisotopic (exact) mass is 377 g/mol. The van der Waals surface area contributed by atoms with Gasteiger partial charge in [0.25, 0.3) is 0 Å². The Bertz CT molecular complexity index is 657. The average molecular weight is 377 g/mol. The summed E-state index contributed by atoms with van der Waals surface area (Å²) in [6.45, 7) is 7.42. The van der Waals surface area contributed by atoms with Gasteiger partial charge in [0.2, 0.25) is 0 Å². The van der Waals surface area contributed by atoms with Gasteiger partial charge in [-0.15, -0.1) is 0 Å². The molecule has 0 bridgehead atoms. The first kappa shape index (κ1) is 20.9. The SMILES string of the molecule is COc1ccccc1NC(=O)N1CCC[C@@H](CN(C)C(=O)OC(C)(C)C)C1. The van der Waals surface area contributed by atoms with E-state index in [1.54, 1.807) is 24.0 Å². The molecule has 1 aromatic rings. The largest absolute Gasteiger partial charge is 0.495 e. The number of carbonyl (C=O) groups is 2. The highest BCUT2D eigenvalue weighted by Crippen LogP contribution is 2.25. The van der Waals surface area contributed by atoms with Crippen molar-refractivity contribution in [3.8, 4) is 5.75 Å². The van der Waals surface area contributed by atoms with E-state index in [-0.39, 0.29) is 18.0 Å². The lowest BCUT2D eigenvalue weighted by molar-refractivity contribution is 0.0253. The predicted molar refractivity (Wildman–Crippen MR) is 105 cm³/mol. The normalized spacial score (nSPS) is 17.2. The number of carbonyl (C=O) groups excluding carboxylic acids is 2. The molecule has 150 valence electrons. The number of hydrogen-bond donors (Lipinski definition) is 1. The lowest BCUT2D eigenvalue weighted by Crippen LogP contribution is -2.46. The molecule has 1 saturated heterocycles. The Morgan fingerprint density at radius 1 is 1.30 bits per heavy atom. The summed E-state index contributed by atoms with van der Waals surface area (Å²) in [5, 5.41) is 2.92. The minimum Gasteiger partial charge on any atom is -0.495 e. The number of benzene rings is 1. The van der Waals surface area contributed by atoms with Crippen LogP contribution >= 0.6 is 0 Å². The van der Waals surface area contributed by atoms with Gasteiger partial charge in [-0.3, -0.25) is 0 Å². The summed E-state index contributed by atoms with van der Waals surface area (Å²) in [6.07, 6.45) is 1.55. The van der Waals surface area contributed by atoms with Crippen LogP contribution in [0.4, 0.5) is 15.3 Å². The summed E-state index contributed by atoms with van der Waals surface area (Å²) in [5.74, 6) is 0.851. The smallest absolute Gasteiger partial charge is 0.410 e. The van der Waals surface area contributed by atoms with Gasteiger partial charge in [-0.05, 0) is 51.7 Å². The number of urea groups is 1. The van der Waals surface area contributed by atoms with Crippen LogP contribution in [-0.2, 0) is 4.74 Å². The van der Waals surface area contributed by atoms with Gasteiger partial charge in [0.15, 0.2) is 0 Å². The Balaban J connectivity index is 1.91. The zero-order valence-corrected chi connectivity index (χ0v) is 16.9. The van der Waals surface area contributed by atoms with E-state index in [1.807, 2.05) is 45.0 Å². The molecule has 3 amide bonds. The second-order valence-electron chi connectivity index (χ2n) is 7.95. The van der Waals surface area contributed by atoms with E-state index in [1.165, 1.54) is 0 Å². The maximum Gasteiger partial charge on any atom is 0.410 e. The number of ether oxygens (including phenoxy) is 2. The minimum absolute atomic E-state index is 0.149. The molecule has 1 N–H and O–H groups in total. The van der Waals surface area contributed by atoms with E-state index in [4.69, 9.17) is 9.47 Å². The molecule has 27 heavy (non-hydrogen) atoms. The summed E-state index contributed by atoms with van der Waals surface area (Å²) in [5.41, 5.74) is 0.136. The predicted octanol–water partition coefficient (Wildman–Crippen LogP) is 3.81. The second kappa shape index (κ2) is 8.97. The fraction of sp³-hybridized carbons (Fsp3) is 0.600. The molecule has 0 aromatic heterocycles. The number of methoxy groups -OCH3 is 1. The Hall–Kier alpha value is -2.44. The van der Waals surface area contributed by atoms with Crippen LogP contribution in [0.3, 0.4) is 0 Å². The van der Waals surface area contributed by atoms with E-state index < -0.39 is 5.60 Å². The summed E-state index contributed by atoms with van der Waals surface area (Å²) in [6, 6.07) is 7.19. The van der Waals surface area contributed by atoms with Gasteiger partial charge in [0.1, 0.15) is 11.4 Å². The summed E-state index contributed by atoms with van der Waals surface area (Å²) < 4.78 is 10.7. The van der Waals surface area contributed by atoms with Crippen LogP contribution in [0.1, 0.15) is 33.6 Å². The van der Waals surface area contributed by atoms with Crippen molar-refractivity contribution in [3.05, 3.63) is 24.3 Å². The number of anilines is 1. The molecule has 1 aliphatic rings. The minimum atomic E-state index is -0.515. The van der Waals surface area contributed by atoms with Crippen molar-refractivity contribution in [1.82, 2.24) is 9.80 Å². The van der Waals surface area contributed by atoms with Crippen molar-refractivity contribution >= 4 is 17.8 Å². The molecule has 1 aliphatic heterocycles. The fourth-order valence-corrected chi connectivity index (χ4v) is 3.14. The van der Waals surface area contributed by atoms with E-state index in [2.05, 4.69) is 5.32 Å². The van der Waals surface area contributed by atoms with Gasteiger partial charge in [0.05, 0.1) is 12.8 Å². The third-order valence-electron chi connectivity index (χ3n) is 4.39. The molecule has 1 fully saturated rings. The van der Waals surface area contributed by atoms with Crippen molar-refractivity contribution in [2.75, 3.05) is 39.1 Å². The molecule has 1 atom stereocenters. The summed E-state index contributed by atoms with van der Waals surface area (Å²) in [7, 11) is 3.32. The van der Waals surface area contributed by atoms with Crippen LogP contribution in [0, 0.1) is 5.92 Å². The molecule has 7 heteroatoms. The Kier molecular flexibility index (Phi) is 6.93. The van der Waals surface area contributed by atoms with Gasteiger partial charge in [-0.25, -0.2) is 9.59 Å². The summed E-state index contributed by atoms with van der Waals surface area (Å²) in [4.78, 5) is 28.2. The van der Waals surface area contributed by atoms with Gasteiger partial charge >= 0.3 is 12.1 Å². The van der Waals surface area contributed by atoms with Crippen molar-refractivity contribution in [1.29, 1.82) is 0 Å². The second-order valence-corrected chi connectivity index (χ2v) is 7.95. The van der Waals surface area contributed by atoms with Crippen LogP contribution in [-0.4, -0.2) is 61.3 Å². The quantitative estimate of drug-likeness (QED) is 0.866. The third-order valence-corrected chi connectivity index (χ3v) is 4.39. The molecule has 0 radical (unpaired) electrons. The number of nitrogens with zero attached hydrogens (tertiary/aromatic N) is 2. The highest BCUT2D eigenvalue weighted by Gasteiger charge is 2.27. The zero-order chi connectivity index (χ0) is 20.0. The number of hydrogen-bond acceptors (Lipinski definition) is 4. The van der Waals surface area contributed by atoms with Crippen LogP contribution in [0.25, 0.3) is 0 Å². The number of amides is 3. The van der Waals surface area contributed by atoms with Crippen LogP contribution < -0.4 is 10.1 Å². The average Bonchev–Trinajstić information content (AvgIpc) is 2.61. The molecule has 1 heterocycles. The van der Waals surface area contributed by atoms with Gasteiger partial charge in [-0.1, -0.05) is 12.1 Å². The first-order chi connectivity index (χ1) is 12.7. The lowest BCUT2D eigenvalue weighted by atomic mass is 9.98. The van der Waals surface area contributed by atoms with Crippen LogP contribution in [0.2, 0.25) is 0 Å². The fourth-order valence-electron chi connectivity index (χ4n) is 3.14. The topological polar surface area (TPSA) is 71.1 Å². The summed E-state index contributed by atoms with van der Waals surface area (Å²) >= 11 is 0. The van der Waals surface area contributed by atoms with Crippen molar-refractivity contribution in [2.24, 2.45) is 5.92 Å². The van der Waals surface area contributed by atoms with E-state index in [9.17, 15) is 9.59 Å². The van der Waals surface area contributed by atoms with Crippen molar-refractivity contribution < 1.29 is 19.1 Å². The maximum atomic E-state index is 12.6. The maximum absolute atomic E-state index is 12.6. The molecule has 0 aliphatic carbocycles. The molecule has 2 rings (SSSR count). The zero-order valence-electron chi connectivity index (χ0n) is 16.9. The van der Waals surface area contributed by atoms with E-state index in [0.29, 0.717) is 31.1 Å². The van der Waals surface area contributed by atoms with Crippen molar-refractivity contribution in [3.63, 3.8) is 0 Å². The highest BCUT2D eigenvalue weighted by atomic mass is 16.6. The molecule has 0 unspecified atom stereocenters. The Morgan fingerprint density at radius 2 is 2.00 bits per heavy atom. The highest BCUT2D eigenvalue weighted by molar-refractivity contribution is 5.91. The van der Waals surface area contributed by atoms with E-state index in [0.717, 1.165) is 12.8 Å². The number of likely N-dealkylation sites (tertiary alicyclic amines) is 1. The molecule has 0 spiro atoms. The third kappa shape index (κ3) is 6.34. The van der Waals surface area contributed by atoms with Gasteiger partial charge in [-0.2, -0.15) is 0 Å². The molecule has 1 aromatic carbocycles. The number of piperidine rings is 1. The first-order valence-electron chi connectivity index (χ1n) is 9.32. The van der Waals surface area contributed by atoms with Gasteiger partial charge < -0.3 is 24.6 Å². The molecule has 0 saturated carbocycles. The van der Waals surface area contributed by atoms with Crippen molar-refractivity contribution in [2.45, 2.75) is 39.2 Å². The van der Waals surface area contributed by atoms with Crippen LogP contribution in [0.5, 0.6) is 5.75 Å². The number of nitrogens with one attached hydrogen (secondary N) is 1. The molecular weight excluding hydrogens is 346 g/mol. The standard InChI is InChI=1S/C20H31N3O4/c1-20(2,3)27-19(25)22(4)13-15-9-8-12-23(14-15)18(24)21-16-10-6-7-11-17(16)26-5/h6-7,10-11,15H,8-9,12-14H2,1-5H3,(H,21,24)/t15-/m0/s1. The Labute approximate surface area is 161 Å². The first-order valence-corrected chi connectivity index (χ1v) is 9.32.